The van der Waals surface area contributed by atoms with Crippen LogP contribution in [0.15, 0.2) is 10.8 Å². The van der Waals surface area contributed by atoms with Gasteiger partial charge in [-0.15, -0.1) is 0 Å². The Hall–Kier alpha value is -1.10. The predicted octanol–water partition coefficient (Wildman–Crippen LogP) is 1.69. The molecule has 0 amide bonds. The van der Waals surface area contributed by atoms with Crippen LogP contribution in [-0.4, -0.2) is 29.1 Å². The first kappa shape index (κ1) is 14.0. The average molecular weight is 303 g/mol. The van der Waals surface area contributed by atoms with Gasteiger partial charge in [0.1, 0.15) is 4.60 Å². The van der Waals surface area contributed by atoms with Gasteiger partial charge in [-0.3, -0.25) is 4.57 Å². The van der Waals surface area contributed by atoms with E-state index in [0.29, 0.717) is 17.8 Å². The molecule has 0 bridgehead atoms. The molecule has 0 aliphatic carbocycles. The van der Waals surface area contributed by atoms with Crippen molar-refractivity contribution in [1.29, 1.82) is 5.26 Å². The maximum atomic E-state index is 9.21. The minimum absolute atomic E-state index is 0.243. The number of rotatable bonds is 6. The molecule has 0 saturated carbocycles. The van der Waals surface area contributed by atoms with Crippen LogP contribution in [0.5, 0.6) is 0 Å². The molecular formula is C10H15BrN4O2. The summed E-state index contributed by atoms with van der Waals surface area (Å²) in [6.45, 7) is 4.60. The Bertz CT molecular complexity index is 396. The molecule has 7 heteroatoms. The quantitative estimate of drug-likeness (QED) is 0.808. The molecule has 94 valence electrons. The minimum atomic E-state index is -0.659. The molecule has 0 fully saturated rings. The number of anilines is 1. The molecule has 0 aliphatic heterocycles. The van der Waals surface area contributed by atoms with Crippen molar-refractivity contribution in [1.82, 2.24) is 9.55 Å². The summed E-state index contributed by atoms with van der Waals surface area (Å²) in [4.78, 5) is 3.98. The standard InChI is InChI=1S/C10H15BrN4O2/c1-3-16-9(17-4-2)7(5-12)15-6-8(11)14-10(15)13/h6-7,9H,3-4H2,1-2H3,(H2,13,14). The lowest BCUT2D eigenvalue weighted by Crippen LogP contribution is -2.29. The van der Waals surface area contributed by atoms with Crippen molar-refractivity contribution < 1.29 is 9.47 Å². The summed E-state index contributed by atoms with van der Waals surface area (Å²) in [6, 6.07) is 1.46. The smallest absolute Gasteiger partial charge is 0.202 e. The molecule has 1 rings (SSSR count). The first-order chi connectivity index (χ1) is 8.13. The van der Waals surface area contributed by atoms with Crippen molar-refractivity contribution in [2.24, 2.45) is 0 Å². The number of nitrogens with zero attached hydrogens (tertiary/aromatic N) is 3. The molecule has 0 aliphatic rings. The van der Waals surface area contributed by atoms with Crippen LogP contribution in [0, 0.1) is 11.3 Å². The second kappa shape index (κ2) is 6.59. The van der Waals surface area contributed by atoms with Gasteiger partial charge in [-0.1, -0.05) is 0 Å². The van der Waals surface area contributed by atoms with Gasteiger partial charge in [-0.25, -0.2) is 4.98 Å². The van der Waals surface area contributed by atoms with Crippen molar-refractivity contribution in [3.63, 3.8) is 0 Å². The monoisotopic (exact) mass is 302 g/mol. The summed E-state index contributed by atoms with van der Waals surface area (Å²) in [5.74, 6) is 0.243. The molecular weight excluding hydrogens is 288 g/mol. The fourth-order valence-corrected chi connectivity index (χ4v) is 1.82. The highest BCUT2D eigenvalue weighted by molar-refractivity contribution is 9.10. The lowest BCUT2D eigenvalue weighted by molar-refractivity contribution is -0.151. The van der Waals surface area contributed by atoms with Gasteiger partial charge in [0, 0.05) is 19.4 Å². The Balaban J connectivity index is 2.96. The van der Waals surface area contributed by atoms with Crippen LogP contribution in [-0.2, 0) is 9.47 Å². The minimum Gasteiger partial charge on any atom is -0.369 e. The number of imidazole rings is 1. The first-order valence-electron chi connectivity index (χ1n) is 5.26. The van der Waals surface area contributed by atoms with Crippen LogP contribution in [0.2, 0.25) is 0 Å². The van der Waals surface area contributed by atoms with Crippen LogP contribution in [0.25, 0.3) is 0 Å². The summed E-state index contributed by atoms with van der Waals surface area (Å²) in [7, 11) is 0. The molecule has 0 saturated heterocycles. The van der Waals surface area contributed by atoms with Crippen LogP contribution < -0.4 is 5.73 Å². The molecule has 17 heavy (non-hydrogen) atoms. The van der Waals surface area contributed by atoms with Crippen LogP contribution in [0.4, 0.5) is 5.95 Å². The topological polar surface area (TPSA) is 86.1 Å². The number of hydrogen-bond acceptors (Lipinski definition) is 5. The van der Waals surface area contributed by atoms with Gasteiger partial charge in [-0.05, 0) is 29.8 Å². The number of ether oxygens (including phenoxy) is 2. The summed E-state index contributed by atoms with van der Waals surface area (Å²) >= 11 is 3.20. The van der Waals surface area contributed by atoms with Crippen molar-refractivity contribution in [3.05, 3.63) is 10.8 Å². The van der Waals surface area contributed by atoms with Crippen LogP contribution in [0.3, 0.4) is 0 Å². The Morgan fingerprint density at radius 1 is 1.53 bits per heavy atom. The second-order valence-electron chi connectivity index (χ2n) is 3.18. The van der Waals surface area contributed by atoms with E-state index in [9.17, 15) is 5.26 Å². The van der Waals surface area contributed by atoms with Gasteiger partial charge >= 0.3 is 0 Å². The molecule has 2 N–H and O–H groups in total. The lowest BCUT2D eigenvalue weighted by atomic mass is 10.3. The predicted molar refractivity (Wildman–Crippen MR) is 66.0 cm³/mol. The molecule has 1 atom stereocenters. The summed E-state index contributed by atoms with van der Waals surface area (Å²) in [6.07, 6.45) is 0.979. The van der Waals surface area contributed by atoms with Gasteiger partial charge in [0.2, 0.25) is 5.95 Å². The number of nitriles is 1. The fourth-order valence-electron chi connectivity index (χ4n) is 1.41. The average Bonchev–Trinajstić information content (AvgIpc) is 2.60. The van der Waals surface area contributed by atoms with Crippen LogP contribution >= 0.6 is 15.9 Å². The van der Waals surface area contributed by atoms with Gasteiger partial charge in [-0.2, -0.15) is 5.26 Å². The van der Waals surface area contributed by atoms with E-state index in [4.69, 9.17) is 15.2 Å². The zero-order chi connectivity index (χ0) is 12.8. The van der Waals surface area contributed by atoms with Gasteiger partial charge < -0.3 is 15.2 Å². The Morgan fingerprint density at radius 3 is 2.47 bits per heavy atom. The van der Waals surface area contributed by atoms with Gasteiger partial charge in [0.15, 0.2) is 12.3 Å². The Labute approximate surface area is 108 Å². The third kappa shape index (κ3) is 3.43. The van der Waals surface area contributed by atoms with E-state index in [-0.39, 0.29) is 5.95 Å². The van der Waals surface area contributed by atoms with E-state index < -0.39 is 12.3 Å². The molecule has 1 aromatic heterocycles. The van der Waals surface area contributed by atoms with Crippen molar-refractivity contribution >= 4 is 21.9 Å². The molecule has 1 aromatic rings. The highest BCUT2D eigenvalue weighted by Crippen LogP contribution is 2.22. The molecule has 0 radical (unpaired) electrons. The van der Waals surface area contributed by atoms with E-state index in [2.05, 4.69) is 27.0 Å². The maximum absolute atomic E-state index is 9.21. The van der Waals surface area contributed by atoms with E-state index >= 15 is 0 Å². The first-order valence-corrected chi connectivity index (χ1v) is 6.06. The van der Waals surface area contributed by atoms with Crippen molar-refractivity contribution in [2.75, 3.05) is 18.9 Å². The summed E-state index contributed by atoms with van der Waals surface area (Å²) < 4.78 is 12.9. The van der Waals surface area contributed by atoms with Crippen LogP contribution in [0.1, 0.15) is 19.9 Å². The Kier molecular flexibility index (Phi) is 5.41. The Morgan fingerprint density at radius 2 is 2.12 bits per heavy atom. The summed E-state index contributed by atoms with van der Waals surface area (Å²) in [5, 5.41) is 9.21. The van der Waals surface area contributed by atoms with E-state index in [1.54, 1.807) is 6.20 Å². The van der Waals surface area contributed by atoms with Crippen molar-refractivity contribution in [3.8, 4) is 6.07 Å². The van der Waals surface area contributed by atoms with E-state index in [1.165, 1.54) is 4.57 Å². The lowest BCUT2D eigenvalue weighted by Gasteiger charge is -2.22. The number of hydrogen-bond donors (Lipinski definition) is 1. The zero-order valence-electron chi connectivity index (χ0n) is 9.76. The fraction of sp³-hybridized carbons (Fsp3) is 0.600. The zero-order valence-corrected chi connectivity index (χ0v) is 11.3. The molecule has 1 heterocycles. The van der Waals surface area contributed by atoms with Crippen molar-refractivity contribution in [2.45, 2.75) is 26.2 Å². The number of halogens is 1. The molecule has 1 unspecified atom stereocenters. The van der Waals surface area contributed by atoms with Gasteiger partial charge in [0.25, 0.3) is 0 Å². The van der Waals surface area contributed by atoms with Gasteiger partial charge in [0.05, 0.1) is 6.07 Å². The maximum Gasteiger partial charge on any atom is 0.202 e. The SMILES string of the molecule is CCOC(OCC)C(C#N)n1cc(Br)nc1N. The normalized spacial score (nSPS) is 12.6. The molecule has 0 spiro atoms. The number of nitrogen functional groups attached to an aromatic ring is 1. The highest BCUT2D eigenvalue weighted by atomic mass is 79.9. The largest absolute Gasteiger partial charge is 0.369 e. The molecule has 0 aromatic carbocycles. The van der Waals surface area contributed by atoms with E-state index in [1.807, 2.05) is 13.8 Å². The highest BCUT2D eigenvalue weighted by Gasteiger charge is 2.25. The van der Waals surface area contributed by atoms with E-state index in [0.717, 1.165) is 0 Å². The summed E-state index contributed by atoms with van der Waals surface area (Å²) in [5.41, 5.74) is 5.71. The molecule has 6 nitrogen and oxygen atoms in total. The third-order valence-electron chi connectivity index (χ3n) is 2.08. The second-order valence-corrected chi connectivity index (χ2v) is 3.99. The number of aromatic nitrogens is 2. The number of nitrogens with two attached hydrogens (primary N) is 1. The third-order valence-corrected chi connectivity index (χ3v) is 2.47.